The van der Waals surface area contributed by atoms with Crippen LogP contribution in [0.2, 0.25) is 0 Å². The standard InChI is InChI=1S/C19H26N2O4/c1-11-6-8-21(12-2-4-13(22)5-3-12)19(24)17(11)18(23)20-15-10-16-14(15)7-9-25-16/h6,8,12-16,22H,2-5,7,9-10H2,1H3,(H,20,23)/t12?,13?,14-,15+,16+/m0/s1. The van der Waals surface area contributed by atoms with Gasteiger partial charge in [-0.25, -0.2) is 0 Å². The molecule has 2 N–H and O–H groups in total. The monoisotopic (exact) mass is 346 g/mol. The fourth-order valence-corrected chi connectivity index (χ4v) is 4.54. The van der Waals surface area contributed by atoms with E-state index < -0.39 is 0 Å². The average molecular weight is 346 g/mol. The van der Waals surface area contributed by atoms with Gasteiger partial charge in [0.15, 0.2) is 0 Å². The van der Waals surface area contributed by atoms with Crippen molar-refractivity contribution in [1.29, 1.82) is 0 Å². The van der Waals surface area contributed by atoms with Crippen molar-refractivity contribution in [2.24, 2.45) is 5.92 Å². The number of nitrogens with one attached hydrogen (secondary N) is 1. The first kappa shape index (κ1) is 16.8. The van der Waals surface area contributed by atoms with E-state index in [4.69, 9.17) is 4.74 Å². The molecule has 1 aliphatic heterocycles. The maximum absolute atomic E-state index is 12.9. The lowest BCUT2D eigenvalue weighted by Crippen LogP contribution is -2.54. The highest BCUT2D eigenvalue weighted by Crippen LogP contribution is 2.38. The second-order valence-electron chi connectivity index (χ2n) is 7.73. The second kappa shape index (κ2) is 6.57. The third-order valence-electron chi connectivity index (χ3n) is 6.19. The molecule has 2 saturated carbocycles. The highest BCUT2D eigenvalue weighted by molar-refractivity contribution is 5.95. The van der Waals surface area contributed by atoms with Crippen LogP contribution in [0.5, 0.6) is 0 Å². The average Bonchev–Trinajstić information content (AvgIpc) is 2.95. The largest absolute Gasteiger partial charge is 0.393 e. The Balaban J connectivity index is 1.53. The number of amides is 1. The zero-order valence-electron chi connectivity index (χ0n) is 14.6. The van der Waals surface area contributed by atoms with Gasteiger partial charge in [-0.3, -0.25) is 9.59 Å². The summed E-state index contributed by atoms with van der Waals surface area (Å²) >= 11 is 0. The van der Waals surface area contributed by atoms with Crippen molar-refractivity contribution in [3.8, 4) is 0 Å². The summed E-state index contributed by atoms with van der Waals surface area (Å²) in [5.74, 6) is 0.137. The fourth-order valence-electron chi connectivity index (χ4n) is 4.54. The van der Waals surface area contributed by atoms with Crippen LogP contribution in [0.3, 0.4) is 0 Å². The van der Waals surface area contributed by atoms with E-state index in [2.05, 4.69) is 5.32 Å². The molecule has 6 nitrogen and oxygen atoms in total. The van der Waals surface area contributed by atoms with E-state index in [9.17, 15) is 14.7 Å². The predicted octanol–water partition coefficient (Wildman–Crippen LogP) is 1.54. The van der Waals surface area contributed by atoms with Gasteiger partial charge in [0.05, 0.1) is 12.2 Å². The van der Waals surface area contributed by atoms with E-state index in [-0.39, 0.29) is 41.3 Å². The smallest absolute Gasteiger partial charge is 0.263 e. The number of ether oxygens (including phenoxy) is 1. The first-order valence-electron chi connectivity index (χ1n) is 9.37. The summed E-state index contributed by atoms with van der Waals surface area (Å²) in [6, 6.07) is 2.04. The number of carbonyl (C=O) groups is 1. The van der Waals surface area contributed by atoms with Gasteiger partial charge in [0, 0.05) is 30.8 Å². The first-order valence-corrected chi connectivity index (χ1v) is 9.37. The number of aromatic nitrogens is 1. The molecule has 3 fully saturated rings. The van der Waals surface area contributed by atoms with Gasteiger partial charge in [0.25, 0.3) is 11.5 Å². The molecule has 3 atom stereocenters. The molecular formula is C19H26N2O4. The quantitative estimate of drug-likeness (QED) is 0.870. The molecule has 2 aliphatic carbocycles. The molecule has 1 aromatic heterocycles. The number of fused-ring (bicyclic) bond motifs is 1. The van der Waals surface area contributed by atoms with Gasteiger partial charge in [-0.05, 0) is 57.1 Å². The third kappa shape index (κ3) is 3.02. The van der Waals surface area contributed by atoms with Gasteiger partial charge in [0.2, 0.25) is 0 Å². The number of aliphatic hydroxyl groups is 1. The summed E-state index contributed by atoms with van der Waals surface area (Å²) in [4.78, 5) is 25.7. The maximum atomic E-state index is 12.9. The second-order valence-corrected chi connectivity index (χ2v) is 7.73. The molecule has 0 radical (unpaired) electrons. The lowest BCUT2D eigenvalue weighted by molar-refractivity contribution is 0.00805. The Labute approximate surface area is 147 Å². The zero-order valence-corrected chi connectivity index (χ0v) is 14.6. The molecule has 4 rings (SSSR count). The third-order valence-corrected chi connectivity index (χ3v) is 6.19. The number of rotatable bonds is 3. The Bertz CT molecular complexity index is 721. The highest BCUT2D eigenvalue weighted by Gasteiger charge is 2.46. The number of hydrogen-bond donors (Lipinski definition) is 2. The van der Waals surface area contributed by atoms with Gasteiger partial charge in [0.1, 0.15) is 5.56 Å². The summed E-state index contributed by atoms with van der Waals surface area (Å²) < 4.78 is 7.28. The minimum atomic E-state index is -0.264. The summed E-state index contributed by atoms with van der Waals surface area (Å²) in [5, 5.41) is 12.7. The molecule has 3 aliphatic rings. The molecule has 2 heterocycles. The van der Waals surface area contributed by atoms with Crippen LogP contribution in [0.15, 0.2) is 17.1 Å². The van der Waals surface area contributed by atoms with Crippen LogP contribution in [0.1, 0.15) is 60.5 Å². The lowest BCUT2D eigenvalue weighted by atomic mass is 9.76. The molecule has 0 aromatic carbocycles. The van der Waals surface area contributed by atoms with Crippen LogP contribution in [-0.4, -0.2) is 40.4 Å². The summed E-state index contributed by atoms with van der Waals surface area (Å²) in [6.45, 7) is 2.58. The van der Waals surface area contributed by atoms with Crippen molar-refractivity contribution in [3.63, 3.8) is 0 Å². The maximum Gasteiger partial charge on any atom is 0.263 e. The van der Waals surface area contributed by atoms with Crippen LogP contribution in [0, 0.1) is 12.8 Å². The number of carbonyl (C=O) groups excluding carboxylic acids is 1. The number of nitrogens with zero attached hydrogens (tertiary/aromatic N) is 1. The molecule has 0 unspecified atom stereocenters. The molecule has 1 aromatic rings. The van der Waals surface area contributed by atoms with E-state index in [0.717, 1.165) is 32.3 Å². The molecule has 6 heteroatoms. The zero-order chi connectivity index (χ0) is 17.6. The van der Waals surface area contributed by atoms with Crippen LogP contribution in [0.4, 0.5) is 0 Å². The van der Waals surface area contributed by atoms with Crippen molar-refractivity contribution >= 4 is 5.91 Å². The van der Waals surface area contributed by atoms with Crippen LogP contribution < -0.4 is 10.9 Å². The van der Waals surface area contributed by atoms with Crippen LogP contribution in [0.25, 0.3) is 0 Å². The van der Waals surface area contributed by atoms with Gasteiger partial charge in [-0.2, -0.15) is 0 Å². The van der Waals surface area contributed by atoms with Crippen molar-refractivity contribution in [1.82, 2.24) is 9.88 Å². The van der Waals surface area contributed by atoms with E-state index in [1.165, 1.54) is 0 Å². The first-order chi connectivity index (χ1) is 12.0. The van der Waals surface area contributed by atoms with Crippen LogP contribution in [-0.2, 0) is 4.74 Å². The van der Waals surface area contributed by atoms with Gasteiger partial charge >= 0.3 is 0 Å². The van der Waals surface area contributed by atoms with Gasteiger partial charge in [-0.1, -0.05) is 0 Å². The Morgan fingerprint density at radius 2 is 2.04 bits per heavy atom. The summed E-state index contributed by atoms with van der Waals surface area (Å²) in [6.07, 6.45) is 6.60. The normalized spacial score (nSPS) is 34.2. The van der Waals surface area contributed by atoms with E-state index in [0.29, 0.717) is 24.3 Å². The molecule has 136 valence electrons. The van der Waals surface area contributed by atoms with Crippen molar-refractivity contribution in [2.45, 2.75) is 69.7 Å². The topological polar surface area (TPSA) is 80.6 Å². The van der Waals surface area contributed by atoms with Crippen molar-refractivity contribution in [3.05, 3.63) is 33.7 Å². The highest BCUT2D eigenvalue weighted by atomic mass is 16.5. The van der Waals surface area contributed by atoms with Crippen molar-refractivity contribution in [2.75, 3.05) is 6.61 Å². The number of aryl methyl sites for hydroxylation is 1. The van der Waals surface area contributed by atoms with Crippen LogP contribution >= 0.6 is 0 Å². The molecule has 1 amide bonds. The molecule has 0 spiro atoms. The summed E-state index contributed by atoms with van der Waals surface area (Å²) in [7, 11) is 0. The van der Waals surface area contributed by atoms with Gasteiger partial charge in [-0.15, -0.1) is 0 Å². The minimum Gasteiger partial charge on any atom is -0.393 e. The van der Waals surface area contributed by atoms with E-state index in [1.807, 2.05) is 13.0 Å². The van der Waals surface area contributed by atoms with Crippen molar-refractivity contribution < 1.29 is 14.6 Å². The fraction of sp³-hybridized carbons (Fsp3) is 0.684. The summed E-state index contributed by atoms with van der Waals surface area (Å²) in [5.41, 5.74) is 0.765. The molecule has 0 bridgehead atoms. The Hall–Kier alpha value is -1.66. The van der Waals surface area contributed by atoms with E-state index in [1.54, 1.807) is 10.8 Å². The minimum absolute atomic E-state index is 0.0689. The number of pyridine rings is 1. The predicted molar refractivity (Wildman–Crippen MR) is 92.7 cm³/mol. The Morgan fingerprint density at radius 1 is 1.28 bits per heavy atom. The molecule has 1 saturated heterocycles. The number of hydrogen-bond acceptors (Lipinski definition) is 4. The van der Waals surface area contributed by atoms with Gasteiger partial charge < -0.3 is 19.7 Å². The molecular weight excluding hydrogens is 320 g/mol. The Kier molecular flexibility index (Phi) is 4.41. The number of aliphatic hydroxyl groups excluding tert-OH is 1. The lowest BCUT2D eigenvalue weighted by Gasteiger charge is -2.39. The Morgan fingerprint density at radius 3 is 2.76 bits per heavy atom. The van der Waals surface area contributed by atoms with E-state index >= 15 is 0 Å². The SMILES string of the molecule is Cc1ccn(C2CCC(O)CC2)c(=O)c1C(=O)N[C@@H]1C[C@H]2OCC[C@@H]12. The molecule has 25 heavy (non-hydrogen) atoms.